The van der Waals surface area contributed by atoms with Crippen LogP contribution in [0, 0.1) is 0 Å². The van der Waals surface area contributed by atoms with Gasteiger partial charge in [0.25, 0.3) is 5.89 Å². The molecule has 62 valence electrons. The normalized spacial score (nSPS) is 10.4. The van der Waals surface area contributed by atoms with Crippen LogP contribution in [0.5, 0.6) is 0 Å². The van der Waals surface area contributed by atoms with Gasteiger partial charge < -0.3 is 10.2 Å². The summed E-state index contributed by atoms with van der Waals surface area (Å²) in [5.41, 5.74) is 5.79. The first-order chi connectivity index (χ1) is 5.90. The first-order valence-corrected chi connectivity index (χ1v) is 3.28. The van der Waals surface area contributed by atoms with E-state index in [9.17, 15) is 0 Å². The van der Waals surface area contributed by atoms with Crippen molar-refractivity contribution >= 4 is 0 Å². The van der Waals surface area contributed by atoms with Gasteiger partial charge in [-0.2, -0.15) is 15.4 Å². The van der Waals surface area contributed by atoms with Crippen LogP contribution in [0.3, 0.4) is 0 Å². The second-order valence-electron chi connectivity index (χ2n) is 2.06. The molecule has 0 atom stereocenters. The van der Waals surface area contributed by atoms with Crippen LogP contribution in [0.4, 0.5) is 0 Å². The molecule has 0 fully saturated rings. The number of hydrogen-bond acceptors (Lipinski definition) is 6. The van der Waals surface area contributed by atoms with Crippen molar-refractivity contribution in [1.29, 1.82) is 0 Å². The van der Waals surface area contributed by atoms with E-state index in [0.717, 1.165) is 0 Å². The number of nitrogens with one attached hydrogen (secondary N) is 1. The highest BCUT2D eigenvalue weighted by molar-refractivity contribution is 5.42. The van der Waals surface area contributed by atoms with Crippen molar-refractivity contribution in [2.75, 3.05) is 0 Å². The second kappa shape index (κ2) is 2.70. The zero-order valence-corrected chi connectivity index (χ0v) is 6.06. The molecular formula is C5H6N6O. The van der Waals surface area contributed by atoms with Crippen molar-refractivity contribution in [3.8, 4) is 11.6 Å². The van der Waals surface area contributed by atoms with Crippen LogP contribution in [0.15, 0.2) is 10.6 Å². The van der Waals surface area contributed by atoms with Gasteiger partial charge in [-0.3, -0.25) is 0 Å². The van der Waals surface area contributed by atoms with Crippen LogP contribution < -0.4 is 5.73 Å². The van der Waals surface area contributed by atoms with Gasteiger partial charge in [0, 0.05) is 0 Å². The largest absolute Gasteiger partial charge is 0.418 e. The zero-order valence-electron chi connectivity index (χ0n) is 6.06. The maximum atomic E-state index is 5.28. The summed E-state index contributed by atoms with van der Waals surface area (Å²) in [6.45, 7) is 0.227. The van der Waals surface area contributed by atoms with Crippen molar-refractivity contribution in [1.82, 2.24) is 25.6 Å². The average molecular weight is 166 g/mol. The minimum absolute atomic E-state index is 0.227. The molecule has 0 saturated carbocycles. The van der Waals surface area contributed by atoms with Gasteiger partial charge in [-0.05, 0) is 0 Å². The Morgan fingerprint density at radius 1 is 1.50 bits per heavy atom. The number of hydrogen-bond donors (Lipinski definition) is 2. The van der Waals surface area contributed by atoms with Crippen molar-refractivity contribution in [3.05, 3.63) is 12.1 Å². The fraction of sp³-hybridized carbons (Fsp3) is 0.200. The molecule has 0 spiro atoms. The van der Waals surface area contributed by atoms with Crippen LogP contribution in [0.1, 0.15) is 5.89 Å². The maximum Gasteiger partial charge on any atom is 0.269 e. The Hall–Kier alpha value is -1.76. The Morgan fingerprint density at radius 3 is 3.00 bits per heavy atom. The van der Waals surface area contributed by atoms with Gasteiger partial charge in [0.05, 0.1) is 12.7 Å². The molecule has 0 unspecified atom stereocenters. The number of aromatic nitrogens is 5. The Morgan fingerprint density at radius 2 is 2.42 bits per heavy atom. The summed E-state index contributed by atoms with van der Waals surface area (Å²) in [5, 5.41) is 17.2. The minimum Gasteiger partial charge on any atom is -0.418 e. The summed E-state index contributed by atoms with van der Waals surface area (Å²) in [5.74, 6) is 0.706. The molecule has 2 aromatic rings. The molecule has 2 heterocycles. The van der Waals surface area contributed by atoms with E-state index in [2.05, 4.69) is 25.6 Å². The third-order valence-electron chi connectivity index (χ3n) is 1.28. The van der Waals surface area contributed by atoms with Gasteiger partial charge in [-0.25, -0.2) is 0 Å². The van der Waals surface area contributed by atoms with E-state index in [4.69, 9.17) is 10.2 Å². The summed E-state index contributed by atoms with van der Waals surface area (Å²) in [7, 11) is 0. The predicted molar refractivity (Wildman–Crippen MR) is 37.6 cm³/mol. The highest BCUT2D eigenvalue weighted by Crippen LogP contribution is 2.11. The maximum absolute atomic E-state index is 5.28. The van der Waals surface area contributed by atoms with Gasteiger partial charge in [0.15, 0.2) is 5.69 Å². The number of rotatable bonds is 2. The first-order valence-electron chi connectivity index (χ1n) is 3.28. The smallest absolute Gasteiger partial charge is 0.269 e. The van der Waals surface area contributed by atoms with E-state index in [1.807, 2.05) is 0 Å². The lowest BCUT2D eigenvalue weighted by Gasteiger charge is -1.82. The van der Waals surface area contributed by atoms with Crippen molar-refractivity contribution in [2.24, 2.45) is 5.73 Å². The van der Waals surface area contributed by atoms with Crippen LogP contribution >= 0.6 is 0 Å². The van der Waals surface area contributed by atoms with E-state index in [1.54, 1.807) is 0 Å². The molecule has 0 aliphatic rings. The van der Waals surface area contributed by atoms with Crippen molar-refractivity contribution in [2.45, 2.75) is 6.54 Å². The van der Waals surface area contributed by atoms with E-state index in [0.29, 0.717) is 17.5 Å². The van der Waals surface area contributed by atoms with Crippen molar-refractivity contribution in [3.63, 3.8) is 0 Å². The lowest BCUT2D eigenvalue weighted by atomic mass is 10.5. The van der Waals surface area contributed by atoms with Gasteiger partial charge in [-0.1, -0.05) is 0 Å². The number of aromatic amines is 1. The molecule has 0 saturated heterocycles. The molecular weight excluding hydrogens is 160 g/mol. The lowest BCUT2D eigenvalue weighted by molar-refractivity contribution is 0.507. The number of nitrogens with two attached hydrogens (primary N) is 1. The fourth-order valence-electron chi connectivity index (χ4n) is 0.744. The molecule has 3 N–H and O–H groups in total. The molecule has 7 heteroatoms. The van der Waals surface area contributed by atoms with E-state index in [-0.39, 0.29) is 6.54 Å². The molecule has 2 aromatic heterocycles. The molecule has 7 nitrogen and oxygen atoms in total. The molecule has 0 bridgehead atoms. The summed E-state index contributed by atoms with van der Waals surface area (Å²) in [4.78, 5) is 0. The molecule has 0 aliphatic carbocycles. The zero-order chi connectivity index (χ0) is 8.39. The van der Waals surface area contributed by atoms with Crippen LogP contribution in [0.25, 0.3) is 11.6 Å². The van der Waals surface area contributed by atoms with Gasteiger partial charge in [0.2, 0.25) is 5.89 Å². The monoisotopic (exact) mass is 166 g/mol. The fourth-order valence-corrected chi connectivity index (χ4v) is 0.744. The van der Waals surface area contributed by atoms with Crippen LogP contribution in [-0.2, 0) is 6.54 Å². The van der Waals surface area contributed by atoms with E-state index in [1.165, 1.54) is 6.20 Å². The van der Waals surface area contributed by atoms with Gasteiger partial charge in [0.1, 0.15) is 0 Å². The first kappa shape index (κ1) is 6.92. The van der Waals surface area contributed by atoms with E-state index >= 15 is 0 Å². The highest BCUT2D eigenvalue weighted by Gasteiger charge is 2.08. The third kappa shape index (κ3) is 1.05. The molecule has 0 radical (unpaired) electrons. The molecule has 0 amide bonds. The number of nitrogens with zero attached hydrogens (tertiary/aromatic N) is 4. The van der Waals surface area contributed by atoms with E-state index < -0.39 is 0 Å². The predicted octanol–water partition coefficient (Wildman–Crippen LogP) is -0.687. The molecule has 0 aromatic carbocycles. The van der Waals surface area contributed by atoms with Gasteiger partial charge >= 0.3 is 0 Å². The Bertz CT molecular complexity index is 352. The Labute approximate surface area is 67.0 Å². The van der Waals surface area contributed by atoms with Crippen molar-refractivity contribution < 1.29 is 4.42 Å². The summed E-state index contributed by atoms with van der Waals surface area (Å²) in [6, 6.07) is 0. The average Bonchev–Trinajstić information content (AvgIpc) is 2.75. The summed E-state index contributed by atoms with van der Waals surface area (Å²) < 4.78 is 5.11. The van der Waals surface area contributed by atoms with Crippen LogP contribution in [0.2, 0.25) is 0 Å². The highest BCUT2D eigenvalue weighted by atomic mass is 16.4. The lowest BCUT2D eigenvalue weighted by Crippen LogP contribution is -1.95. The summed E-state index contributed by atoms with van der Waals surface area (Å²) in [6.07, 6.45) is 1.49. The second-order valence-corrected chi connectivity index (χ2v) is 2.06. The summed E-state index contributed by atoms with van der Waals surface area (Å²) >= 11 is 0. The number of H-pyrrole nitrogens is 1. The Kier molecular flexibility index (Phi) is 1.56. The third-order valence-corrected chi connectivity index (χ3v) is 1.28. The quantitative estimate of drug-likeness (QED) is 0.611. The molecule has 12 heavy (non-hydrogen) atoms. The SMILES string of the molecule is NCc1nnc(-c2cn[nH]n2)o1. The Balaban J connectivity index is 2.35. The molecule has 0 aliphatic heterocycles. The van der Waals surface area contributed by atoms with Gasteiger partial charge in [-0.15, -0.1) is 10.2 Å². The topological polar surface area (TPSA) is 107 Å². The molecule has 2 rings (SSSR count). The van der Waals surface area contributed by atoms with Crippen LogP contribution in [-0.4, -0.2) is 25.6 Å². The standard InChI is InChI=1S/C5H6N6O/c6-1-4-9-10-5(12-4)3-2-7-11-8-3/h2H,1,6H2,(H,7,8,11). The minimum atomic E-state index is 0.227.